The lowest BCUT2D eigenvalue weighted by molar-refractivity contribution is 0.602. The molecule has 0 aliphatic heterocycles. The minimum Gasteiger partial charge on any atom is -0.0847 e. The lowest BCUT2D eigenvalue weighted by atomic mass is 10.1. The smallest absolute Gasteiger partial charge is 0.0135 e. The van der Waals surface area contributed by atoms with Gasteiger partial charge in [0.2, 0.25) is 0 Å². The van der Waals surface area contributed by atoms with E-state index < -0.39 is 0 Å². The van der Waals surface area contributed by atoms with E-state index in [0.29, 0.717) is 0 Å². The number of hydrogen-bond acceptors (Lipinski definition) is 0. The number of allylic oxidation sites excluding steroid dienone is 2. The maximum Gasteiger partial charge on any atom is -0.0135 e. The second-order valence-corrected chi connectivity index (χ2v) is 2.52. The van der Waals surface area contributed by atoms with Crippen LogP contribution in [0.3, 0.4) is 0 Å². The van der Waals surface area contributed by atoms with Crippen molar-refractivity contribution in [3.8, 4) is 0 Å². The molecule has 1 fully saturated rings. The van der Waals surface area contributed by atoms with Gasteiger partial charge >= 0.3 is 0 Å². The van der Waals surface area contributed by atoms with E-state index in [1.54, 1.807) is 5.57 Å². The monoisotopic (exact) mass is 93.1 g/mol. The molecule has 0 spiro atoms. The molecule has 2 rings (SSSR count). The molecule has 1 atom stereocenters. The van der Waals surface area contributed by atoms with E-state index in [1.165, 1.54) is 19.3 Å². The lowest BCUT2D eigenvalue weighted by Crippen LogP contribution is -1.85. The van der Waals surface area contributed by atoms with Crippen LogP contribution >= 0.6 is 0 Å². The van der Waals surface area contributed by atoms with Gasteiger partial charge in [0.25, 0.3) is 0 Å². The van der Waals surface area contributed by atoms with Gasteiger partial charge in [0.05, 0.1) is 0 Å². The fraction of sp³-hybridized carbons (Fsp3) is 0.571. The van der Waals surface area contributed by atoms with Gasteiger partial charge in [0.1, 0.15) is 0 Å². The van der Waals surface area contributed by atoms with Gasteiger partial charge in [-0.25, -0.2) is 0 Å². The first-order chi connectivity index (χ1) is 3.45. The Morgan fingerprint density at radius 3 is 2.57 bits per heavy atom. The highest BCUT2D eigenvalue weighted by Crippen LogP contribution is 2.38. The topological polar surface area (TPSA) is 0 Å². The summed E-state index contributed by atoms with van der Waals surface area (Å²) in [7, 11) is 0. The van der Waals surface area contributed by atoms with Crippen LogP contribution in [-0.4, -0.2) is 0 Å². The van der Waals surface area contributed by atoms with Crippen molar-refractivity contribution in [2.75, 3.05) is 0 Å². The van der Waals surface area contributed by atoms with Gasteiger partial charge in [-0.15, -0.1) is 0 Å². The molecule has 0 heterocycles. The van der Waals surface area contributed by atoms with E-state index in [4.69, 9.17) is 0 Å². The van der Waals surface area contributed by atoms with Crippen LogP contribution in [0.5, 0.6) is 0 Å². The van der Waals surface area contributed by atoms with E-state index in [9.17, 15) is 0 Å². The normalized spacial score (nSPS) is 36.6. The first kappa shape index (κ1) is 3.71. The van der Waals surface area contributed by atoms with Crippen molar-refractivity contribution >= 4 is 0 Å². The first-order valence-corrected chi connectivity index (χ1v) is 2.97. The summed E-state index contributed by atoms with van der Waals surface area (Å²) in [4.78, 5) is 0. The average molecular weight is 93.1 g/mol. The van der Waals surface area contributed by atoms with Crippen molar-refractivity contribution < 1.29 is 0 Å². The first-order valence-electron chi connectivity index (χ1n) is 2.97. The Bertz CT molecular complexity index is 111. The molecule has 0 aromatic rings. The largest absolute Gasteiger partial charge is 0.0847 e. The number of rotatable bonds is 0. The zero-order valence-electron chi connectivity index (χ0n) is 4.35. The summed E-state index contributed by atoms with van der Waals surface area (Å²) >= 11 is 0. The van der Waals surface area contributed by atoms with E-state index >= 15 is 0 Å². The minimum atomic E-state index is 1.02. The predicted octanol–water partition coefficient (Wildman–Crippen LogP) is 1.93. The van der Waals surface area contributed by atoms with Crippen LogP contribution in [0, 0.1) is 12.3 Å². The van der Waals surface area contributed by atoms with E-state index in [2.05, 4.69) is 12.5 Å². The number of hydrogen-bond donors (Lipinski definition) is 0. The Morgan fingerprint density at radius 1 is 1.43 bits per heavy atom. The van der Waals surface area contributed by atoms with Crippen molar-refractivity contribution in [1.29, 1.82) is 0 Å². The van der Waals surface area contributed by atoms with Crippen LogP contribution < -0.4 is 0 Å². The molecule has 0 aromatic carbocycles. The van der Waals surface area contributed by atoms with Crippen LogP contribution in [0.4, 0.5) is 0 Å². The molecule has 0 heteroatoms. The average Bonchev–Trinajstić information content (AvgIpc) is 2.22. The van der Waals surface area contributed by atoms with Gasteiger partial charge in [0, 0.05) is 0 Å². The molecule has 2 bridgehead atoms. The van der Waals surface area contributed by atoms with Crippen molar-refractivity contribution in [2.45, 2.75) is 19.3 Å². The van der Waals surface area contributed by atoms with Gasteiger partial charge in [-0.3, -0.25) is 0 Å². The predicted molar refractivity (Wildman–Crippen MR) is 29.7 cm³/mol. The molecule has 1 radical (unpaired) electrons. The minimum absolute atomic E-state index is 1.02. The molecule has 37 valence electrons. The molecule has 0 amide bonds. The quantitative estimate of drug-likeness (QED) is 0.429. The summed E-state index contributed by atoms with van der Waals surface area (Å²) in [6.07, 6.45) is 8.86. The van der Waals surface area contributed by atoms with Crippen LogP contribution in [0.1, 0.15) is 19.3 Å². The van der Waals surface area contributed by atoms with Crippen LogP contribution in [0.25, 0.3) is 0 Å². The van der Waals surface area contributed by atoms with Gasteiger partial charge in [-0.1, -0.05) is 11.6 Å². The molecule has 1 unspecified atom stereocenters. The summed E-state index contributed by atoms with van der Waals surface area (Å²) in [6, 6.07) is 0. The second-order valence-electron chi connectivity index (χ2n) is 2.52. The van der Waals surface area contributed by atoms with Crippen LogP contribution in [0.2, 0.25) is 0 Å². The van der Waals surface area contributed by atoms with Crippen molar-refractivity contribution in [3.63, 3.8) is 0 Å². The molecule has 1 saturated carbocycles. The third-order valence-electron chi connectivity index (χ3n) is 1.95. The van der Waals surface area contributed by atoms with Crippen LogP contribution in [-0.2, 0) is 0 Å². The molecule has 0 N–H and O–H groups in total. The lowest BCUT2D eigenvalue weighted by Gasteiger charge is -1.98. The van der Waals surface area contributed by atoms with Crippen molar-refractivity contribution in [2.24, 2.45) is 5.92 Å². The maximum absolute atomic E-state index is 2.37. The molecule has 0 saturated heterocycles. The highest BCUT2D eigenvalue weighted by atomic mass is 14.3. The summed E-state index contributed by atoms with van der Waals surface area (Å²) in [5, 5.41) is 0. The molecule has 2 aliphatic carbocycles. The highest BCUT2D eigenvalue weighted by molar-refractivity contribution is 5.25. The standard InChI is InChI=1S/C7H9/c1-2-7-4-3-6(1)5-7/h1,3,7H,2,4-5H2. The third kappa shape index (κ3) is 0.425. The molecule has 0 nitrogen and oxygen atoms in total. The van der Waals surface area contributed by atoms with Crippen molar-refractivity contribution in [1.82, 2.24) is 0 Å². The zero-order chi connectivity index (χ0) is 4.69. The Balaban J connectivity index is 2.30. The Hall–Kier alpha value is -0.260. The maximum atomic E-state index is 2.37. The van der Waals surface area contributed by atoms with Gasteiger partial charge in [0.15, 0.2) is 0 Å². The molecule has 0 aromatic heterocycles. The van der Waals surface area contributed by atoms with Gasteiger partial charge in [-0.2, -0.15) is 0 Å². The molecule has 2 aliphatic rings. The third-order valence-corrected chi connectivity index (χ3v) is 1.95. The van der Waals surface area contributed by atoms with E-state index in [1.807, 2.05) is 0 Å². The van der Waals surface area contributed by atoms with Gasteiger partial charge < -0.3 is 0 Å². The van der Waals surface area contributed by atoms with Gasteiger partial charge in [-0.05, 0) is 31.6 Å². The molecular weight excluding hydrogens is 84.1 g/mol. The SMILES string of the molecule is [CH]1CC2CC=C1C2. The second kappa shape index (κ2) is 1.12. The van der Waals surface area contributed by atoms with E-state index in [0.717, 1.165) is 5.92 Å². The number of fused-ring (bicyclic) bond motifs is 2. The summed E-state index contributed by atoms with van der Waals surface area (Å²) in [6.45, 7) is 0. The molecular formula is C7H9. The highest BCUT2D eigenvalue weighted by Gasteiger charge is 2.23. The Morgan fingerprint density at radius 2 is 2.43 bits per heavy atom. The summed E-state index contributed by atoms with van der Waals surface area (Å²) in [5.41, 5.74) is 1.62. The van der Waals surface area contributed by atoms with Crippen molar-refractivity contribution in [3.05, 3.63) is 18.1 Å². The zero-order valence-corrected chi connectivity index (χ0v) is 4.35. The summed E-state index contributed by atoms with van der Waals surface area (Å²) < 4.78 is 0. The fourth-order valence-corrected chi connectivity index (χ4v) is 1.48. The fourth-order valence-electron chi connectivity index (χ4n) is 1.48. The Kier molecular flexibility index (Phi) is 0.592. The van der Waals surface area contributed by atoms with Crippen LogP contribution in [0.15, 0.2) is 11.6 Å². The van der Waals surface area contributed by atoms with E-state index in [-0.39, 0.29) is 0 Å². The summed E-state index contributed by atoms with van der Waals surface area (Å²) in [5.74, 6) is 1.02. The Labute approximate surface area is 44.2 Å². The molecule has 7 heavy (non-hydrogen) atoms.